The quantitative estimate of drug-likeness (QED) is 0.547. The van der Waals surface area contributed by atoms with Crippen molar-refractivity contribution in [3.05, 3.63) is 82.0 Å². The van der Waals surface area contributed by atoms with Gasteiger partial charge in [-0.1, -0.05) is 42.5 Å². The molecule has 0 aliphatic heterocycles. The lowest BCUT2D eigenvalue weighted by Gasteiger charge is -2.05. The topological polar surface area (TPSA) is 123 Å². The van der Waals surface area contributed by atoms with Crippen LogP contribution in [0.2, 0.25) is 0 Å². The van der Waals surface area contributed by atoms with E-state index in [1.165, 1.54) is 29.1 Å². The van der Waals surface area contributed by atoms with E-state index in [0.29, 0.717) is 0 Å². The van der Waals surface area contributed by atoms with Crippen LogP contribution in [0.4, 0.5) is 16.3 Å². The van der Waals surface area contributed by atoms with E-state index >= 15 is 0 Å². The summed E-state index contributed by atoms with van der Waals surface area (Å²) in [6.07, 6.45) is 0.512. The summed E-state index contributed by atoms with van der Waals surface area (Å²) >= 11 is 0. The number of nitrogens with one attached hydrogen (secondary N) is 1. The fourth-order valence-corrected chi connectivity index (χ4v) is 2.34. The van der Waals surface area contributed by atoms with Crippen LogP contribution in [0.5, 0.6) is 0 Å². The first-order valence-corrected chi connectivity index (χ1v) is 7.79. The van der Waals surface area contributed by atoms with Gasteiger partial charge in [-0.05, 0) is 11.6 Å². The Labute approximate surface area is 153 Å². The van der Waals surface area contributed by atoms with E-state index in [1.807, 2.05) is 24.3 Å². The highest BCUT2D eigenvalue weighted by molar-refractivity contribution is 5.85. The zero-order chi connectivity index (χ0) is 19.2. The maximum Gasteiger partial charge on any atom is 0.413 e. The minimum Gasteiger partial charge on any atom is -0.444 e. The molecule has 0 radical (unpaired) electrons. The van der Waals surface area contributed by atoms with E-state index in [0.717, 1.165) is 5.56 Å². The smallest absolute Gasteiger partial charge is 0.413 e. The van der Waals surface area contributed by atoms with Gasteiger partial charge in [0.1, 0.15) is 23.9 Å². The summed E-state index contributed by atoms with van der Waals surface area (Å²) in [5.41, 5.74) is 0.843. The summed E-state index contributed by atoms with van der Waals surface area (Å²) in [5.74, 6) is -0.0475. The number of ether oxygens (including phenoxy) is 1. The highest BCUT2D eigenvalue weighted by Gasteiger charge is 2.19. The molecule has 134 valence electrons. The first kappa shape index (κ1) is 17.6. The maximum absolute atomic E-state index is 12.0. The fraction of sp³-hybridized carbons (Fsp3) is 0.0556. The van der Waals surface area contributed by atoms with Crippen LogP contribution >= 0.6 is 0 Å². The largest absolute Gasteiger partial charge is 0.444 e. The molecular weight excluding hydrogens is 350 g/mol. The summed E-state index contributed by atoms with van der Waals surface area (Å²) in [6.45, 7) is 0.0550. The van der Waals surface area contributed by atoms with Gasteiger partial charge in [0, 0.05) is 6.07 Å². The van der Waals surface area contributed by atoms with Gasteiger partial charge in [-0.25, -0.2) is 9.48 Å². The molecule has 2 aromatic carbocycles. The number of nitrogens with zero attached hydrogens (tertiary/aromatic N) is 4. The number of benzene rings is 2. The maximum atomic E-state index is 12.0. The van der Waals surface area contributed by atoms with E-state index in [1.54, 1.807) is 18.2 Å². The molecule has 1 amide bonds. The molecule has 0 aliphatic rings. The average Bonchev–Trinajstić information content (AvgIpc) is 3.09. The first-order chi connectivity index (χ1) is 13.1. The van der Waals surface area contributed by atoms with Crippen LogP contribution in [-0.4, -0.2) is 20.8 Å². The molecule has 1 heterocycles. The minimum absolute atomic E-state index is 0.0461. The van der Waals surface area contributed by atoms with Gasteiger partial charge >= 0.3 is 6.09 Å². The molecule has 3 rings (SSSR count). The zero-order valence-electron chi connectivity index (χ0n) is 13.9. The van der Waals surface area contributed by atoms with Crippen molar-refractivity contribution in [2.75, 3.05) is 5.32 Å². The van der Waals surface area contributed by atoms with Crippen LogP contribution in [0.1, 0.15) is 11.1 Å². The number of rotatable bonds is 5. The number of carbonyl (C=O) groups is 1. The zero-order valence-corrected chi connectivity index (χ0v) is 13.9. The average molecular weight is 363 g/mol. The van der Waals surface area contributed by atoms with Crippen molar-refractivity contribution in [1.82, 2.24) is 9.78 Å². The molecule has 3 aromatic rings. The number of para-hydroxylation sites is 2. The summed E-state index contributed by atoms with van der Waals surface area (Å²) < 4.78 is 6.26. The van der Waals surface area contributed by atoms with Crippen molar-refractivity contribution in [1.29, 1.82) is 5.26 Å². The Bertz CT molecular complexity index is 1020. The number of amides is 1. The molecular formula is C18H13N5O4. The summed E-state index contributed by atoms with van der Waals surface area (Å²) in [5, 5.41) is 26.9. The number of nitriles is 1. The molecule has 1 aromatic heterocycles. The van der Waals surface area contributed by atoms with E-state index in [2.05, 4.69) is 10.4 Å². The van der Waals surface area contributed by atoms with Crippen molar-refractivity contribution >= 4 is 17.6 Å². The lowest BCUT2D eigenvalue weighted by Crippen LogP contribution is -2.15. The second-order valence-corrected chi connectivity index (χ2v) is 5.38. The van der Waals surface area contributed by atoms with Crippen LogP contribution in [0.15, 0.2) is 60.8 Å². The van der Waals surface area contributed by atoms with E-state index < -0.39 is 11.0 Å². The SMILES string of the molecule is N#Cc1cn(-c2ccccc2[N+](=O)[O-])nc1NC(=O)OCc1ccccc1. The molecule has 9 heteroatoms. The van der Waals surface area contributed by atoms with Gasteiger partial charge in [-0.15, -0.1) is 5.10 Å². The Kier molecular flexibility index (Phi) is 5.09. The lowest BCUT2D eigenvalue weighted by molar-refractivity contribution is -0.384. The molecule has 0 spiro atoms. The van der Waals surface area contributed by atoms with Crippen molar-refractivity contribution < 1.29 is 14.5 Å². The summed E-state index contributed by atoms with van der Waals surface area (Å²) in [7, 11) is 0. The van der Waals surface area contributed by atoms with Crippen LogP contribution in [-0.2, 0) is 11.3 Å². The van der Waals surface area contributed by atoms with Crippen molar-refractivity contribution in [2.45, 2.75) is 6.61 Å². The Morgan fingerprint density at radius 1 is 1.22 bits per heavy atom. The molecule has 0 unspecified atom stereocenters. The third-order valence-electron chi connectivity index (χ3n) is 3.59. The number of nitro groups is 1. The molecule has 0 saturated heterocycles. The molecule has 1 N–H and O–H groups in total. The third kappa shape index (κ3) is 4.08. The van der Waals surface area contributed by atoms with Gasteiger partial charge in [0.05, 0.1) is 11.1 Å². The van der Waals surface area contributed by atoms with Crippen molar-refractivity contribution in [2.24, 2.45) is 0 Å². The molecule has 0 aliphatic carbocycles. The first-order valence-electron chi connectivity index (χ1n) is 7.79. The molecule has 0 saturated carbocycles. The minimum atomic E-state index is -0.789. The van der Waals surface area contributed by atoms with Gasteiger partial charge in [0.15, 0.2) is 5.82 Å². The molecule has 0 fully saturated rings. The number of hydrogen-bond acceptors (Lipinski definition) is 6. The normalized spacial score (nSPS) is 10.0. The standard InChI is InChI=1S/C18H13N5O4/c19-10-14-11-22(15-8-4-5-9-16(15)23(25)26)21-17(14)20-18(24)27-12-13-6-2-1-3-7-13/h1-9,11H,12H2,(H,20,21,24). The van der Waals surface area contributed by atoms with Crippen LogP contribution < -0.4 is 5.32 Å². The van der Waals surface area contributed by atoms with Gasteiger partial charge in [0.2, 0.25) is 0 Å². The van der Waals surface area contributed by atoms with E-state index in [9.17, 15) is 20.2 Å². The second-order valence-electron chi connectivity index (χ2n) is 5.38. The summed E-state index contributed by atoms with van der Waals surface area (Å²) in [6, 6.07) is 16.9. The van der Waals surface area contributed by atoms with Gasteiger partial charge < -0.3 is 4.74 Å². The van der Waals surface area contributed by atoms with Gasteiger partial charge in [0.25, 0.3) is 5.69 Å². The highest BCUT2D eigenvalue weighted by Crippen LogP contribution is 2.24. The number of aromatic nitrogens is 2. The van der Waals surface area contributed by atoms with Crippen LogP contribution in [0, 0.1) is 21.4 Å². The highest BCUT2D eigenvalue weighted by atomic mass is 16.6. The lowest BCUT2D eigenvalue weighted by atomic mass is 10.2. The van der Waals surface area contributed by atoms with Crippen molar-refractivity contribution in [3.8, 4) is 11.8 Å². The molecule has 0 bridgehead atoms. The Morgan fingerprint density at radius 2 is 1.93 bits per heavy atom. The van der Waals surface area contributed by atoms with E-state index in [4.69, 9.17) is 4.74 Å². The molecule has 9 nitrogen and oxygen atoms in total. The third-order valence-corrected chi connectivity index (χ3v) is 3.59. The summed E-state index contributed by atoms with van der Waals surface area (Å²) in [4.78, 5) is 22.6. The Balaban J connectivity index is 1.78. The Morgan fingerprint density at radius 3 is 2.63 bits per heavy atom. The number of nitro benzene ring substituents is 1. The fourth-order valence-electron chi connectivity index (χ4n) is 2.34. The predicted molar refractivity (Wildman–Crippen MR) is 95.2 cm³/mol. The second kappa shape index (κ2) is 7.79. The van der Waals surface area contributed by atoms with Gasteiger partial charge in [-0.2, -0.15) is 5.26 Å². The predicted octanol–water partition coefficient (Wildman–Crippen LogP) is 3.40. The van der Waals surface area contributed by atoms with Gasteiger partial charge in [-0.3, -0.25) is 15.4 Å². The number of carbonyl (C=O) groups excluding carboxylic acids is 1. The molecule has 27 heavy (non-hydrogen) atoms. The van der Waals surface area contributed by atoms with E-state index in [-0.39, 0.29) is 29.4 Å². The Hall–Kier alpha value is -4.19. The van der Waals surface area contributed by atoms with Crippen molar-refractivity contribution in [3.63, 3.8) is 0 Å². The number of hydrogen-bond donors (Lipinski definition) is 1. The van der Waals surface area contributed by atoms with Crippen LogP contribution in [0.3, 0.4) is 0 Å². The molecule has 0 atom stereocenters. The number of anilines is 1. The van der Waals surface area contributed by atoms with Crippen LogP contribution in [0.25, 0.3) is 5.69 Å². The monoisotopic (exact) mass is 363 g/mol.